The molecule has 2 rings (SSSR count). The number of hydrogen-bond acceptors (Lipinski definition) is 5. The lowest BCUT2D eigenvalue weighted by atomic mass is 10.2. The highest BCUT2D eigenvalue weighted by Crippen LogP contribution is 2.17. The Morgan fingerprint density at radius 1 is 1.25 bits per heavy atom. The molecule has 5 nitrogen and oxygen atoms in total. The van der Waals surface area contributed by atoms with Crippen LogP contribution in [-0.4, -0.2) is 78.3 Å². The van der Waals surface area contributed by atoms with Gasteiger partial charge in [0, 0.05) is 56.8 Å². The topological polar surface area (TPSA) is 44.8 Å². The van der Waals surface area contributed by atoms with Gasteiger partial charge in [-0.1, -0.05) is 0 Å². The van der Waals surface area contributed by atoms with Crippen LogP contribution in [0.25, 0.3) is 0 Å². The standard InChI is InChI=1S/C14H27N3O2S/c1-14(2,3)19-13(18)17-8-6-16(7-9-17)5-4-15-12-10-20-11-12/h12,15H,4-11H2,1-3H3. The maximum absolute atomic E-state index is 11.9. The van der Waals surface area contributed by atoms with E-state index in [9.17, 15) is 4.79 Å². The minimum atomic E-state index is -0.404. The van der Waals surface area contributed by atoms with E-state index in [1.807, 2.05) is 37.4 Å². The Kier molecular flexibility index (Phi) is 5.57. The second-order valence-electron chi connectivity index (χ2n) is 6.50. The fourth-order valence-electron chi connectivity index (χ4n) is 2.26. The van der Waals surface area contributed by atoms with E-state index in [2.05, 4.69) is 10.2 Å². The largest absolute Gasteiger partial charge is 0.444 e. The number of rotatable bonds is 4. The molecule has 6 heteroatoms. The number of ether oxygens (including phenoxy) is 1. The summed E-state index contributed by atoms with van der Waals surface area (Å²) in [4.78, 5) is 16.2. The molecule has 0 saturated carbocycles. The second kappa shape index (κ2) is 7.00. The summed E-state index contributed by atoms with van der Waals surface area (Å²) in [5.74, 6) is 2.51. The Morgan fingerprint density at radius 2 is 1.90 bits per heavy atom. The van der Waals surface area contributed by atoms with Crippen molar-refractivity contribution >= 4 is 17.9 Å². The highest BCUT2D eigenvalue weighted by molar-refractivity contribution is 8.00. The van der Waals surface area contributed by atoms with Gasteiger partial charge in [-0.25, -0.2) is 4.79 Å². The van der Waals surface area contributed by atoms with Crippen LogP contribution in [0.15, 0.2) is 0 Å². The molecule has 0 atom stereocenters. The molecule has 0 aromatic heterocycles. The van der Waals surface area contributed by atoms with Gasteiger partial charge in [-0.15, -0.1) is 0 Å². The van der Waals surface area contributed by atoms with Gasteiger partial charge in [0.25, 0.3) is 0 Å². The van der Waals surface area contributed by atoms with Crippen molar-refractivity contribution in [2.24, 2.45) is 0 Å². The molecule has 2 heterocycles. The molecule has 2 saturated heterocycles. The quantitative estimate of drug-likeness (QED) is 0.846. The van der Waals surface area contributed by atoms with E-state index in [-0.39, 0.29) is 6.09 Å². The summed E-state index contributed by atoms with van der Waals surface area (Å²) in [6.07, 6.45) is -0.179. The number of nitrogens with zero attached hydrogens (tertiary/aromatic N) is 2. The minimum Gasteiger partial charge on any atom is -0.444 e. The van der Waals surface area contributed by atoms with Crippen LogP contribution in [0.5, 0.6) is 0 Å². The summed E-state index contributed by atoms with van der Waals surface area (Å²) >= 11 is 2.00. The van der Waals surface area contributed by atoms with Crippen molar-refractivity contribution in [2.75, 3.05) is 50.8 Å². The summed E-state index contributed by atoms with van der Waals surface area (Å²) in [5.41, 5.74) is -0.404. The third-order valence-corrected chi connectivity index (χ3v) is 4.80. The molecular weight excluding hydrogens is 274 g/mol. The smallest absolute Gasteiger partial charge is 0.410 e. The number of thioether (sulfide) groups is 1. The van der Waals surface area contributed by atoms with Gasteiger partial charge in [-0.2, -0.15) is 11.8 Å². The zero-order valence-corrected chi connectivity index (χ0v) is 13.7. The summed E-state index contributed by atoms with van der Waals surface area (Å²) in [6.45, 7) is 11.3. The Balaban J connectivity index is 1.60. The predicted molar refractivity (Wildman–Crippen MR) is 83.4 cm³/mol. The van der Waals surface area contributed by atoms with E-state index in [0.717, 1.165) is 45.3 Å². The third kappa shape index (κ3) is 5.14. The molecule has 2 aliphatic rings. The van der Waals surface area contributed by atoms with Gasteiger partial charge < -0.3 is 15.0 Å². The highest BCUT2D eigenvalue weighted by Gasteiger charge is 2.25. The van der Waals surface area contributed by atoms with Crippen molar-refractivity contribution in [1.82, 2.24) is 15.1 Å². The molecule has 20 heavy (non-hydrogen) atoms. The lowest BCUT2D eigenvalue weighted by Gasteiger charge is -2.36. The van der Waals surface area contributed by atoms with Crippen LogP contribution in [-0.2, 0) is 4.74 Å². The van der Waals surface area contributed by atoms with Crippen LogP contribution >= 0.6 is 11.8 Å². The molecule has 1 amide bonds. The fourth-order valence-corrected chi connectivity index (χ4v) is 2.97. The molecule has 0 bridgehead atoms. The SMILES string of the molecule is CC(C)(C)OC(=O)N1CCN(CCNC2CSC2)CC1. The van der Waals surface area contributed by atoms with E-state index in [4.69, 9.17) is 4.74 Å². The number of hydrogen-bond donors (Lipinski definition) is 1. The predicted octanol–water partition coefficient (Wildman–Crippen LogP) is 1.24. The Bertz CT molecular complexity index is 321. The number of piperazine rings is 1. The molecular formula is C14H27N3O2S. The van der Waals surface area contributed by atoms with Crippen molar-refractivity contribution < 1.29 is 9.53 Å². The molecule has 0 spiro atoms. The van der Waals surface area contributed by atoms with E-state index in [1.165, 1.54) is 11.5 Å². The van der Waals surface area contributed by atoms with Crippen molar-refractivity contribution in [3.8, 4) is 0 Å². The molecule has 0 aromatic rings. The van der Waals surface area contributed by atoms with Gasteiger partial charge in [0.2, 0.25) is 0 Å². The molecule has 0 unspecified atom stereocenters. The van der Waals surface area contributed by atoms with Crippen molar-refractivity contribution in [3.05, 3.63) is 0 Å². The Hall–Kier alpha value is -0.460. The van der Waals surface area contributed by atoms with Crippen molar-refractivity contribution in [1.29, 1.82) is 0 Å². The van der Waals surface area contributed by atoms with Gasteiger partial charge in [-0.05, 0) is 20.8 Å². The highest BCUT2D eigenvalue weighted by atomic mass is 32.2. The molecule has 2 fully saturated rings. The molecule has 116 valence electrons. The van der Waals surface area contributed by atoms with Crippen LogP contribution < -0.4 is 5.32 Å². The molecule has 0 radical (unpaired) electrons. The fraction of sp³-hybridized carbons (Fsp3) is 0.929. The van der Waals surface area contributed by atoms with Gasteiger partial charge >= 0.3 is 6.09 Å². The maximum atomic E-state index is 11.9. The molecule has 0 aliphatic carbocycles. The normalized spacial score (nSPS) is 21.6. The molecule has 0 aromatic carbocycles. The van der Waals surface area contributed by atoms with Crippen LogP contribution in [0.4, 0.5) is 4.79 Å². The Morgan fingerprint density at radius 3 is 2.40 bits per heavy atom. The third-order valence-electron chi connectivity index (χ3n) is 3.52. The maximum Gasteiger partial charge on any atom is 0.410 e. The van der Waals surface area contributed by atoms with Crippen LogP contribution in [0, 0.1) is 0 Å². The van der Waals surface area contributed by atoms with Gasteiger partial charge in [0.1, 0.15) is 5.60 Å². The van der Waals surface area contributed by atoms with Crippen LogP contribution in [0.2, 0.25) is 0 Å². The lowest BCUT2D eigenvalue weighted by molar-refractivity contribution is 0.0146. The van der Waals surface area contributed by atoms with Gasteiger partial charge in [0.05, 0.1) is 0 Å². The average molecular weight is 301 g/mol. The number of amides is 1. The monoisotopic (exact) mass is 301 g/mol. The lowest BCUT2D eigenvalue weighted by Crippen LogP contribution is -2.52. The minimum absolute atomic E-state index is 0.179. The summed E-state index contributed by atoms with van der Waals surface area (Å²) < 4.78 is 5.40. The van der Waals surface area contributed by atoms with Crippen LogP contribution in [0.3, 0.4) is 0 Å². The van der Waals surface area contributed by atoms with E-state index >= 15 is 0 Å². The number of carbonyl (C=O) groups excluding carboxylic acids is 1. The van der Waals surface area contributed by atoms with Crippen molar-refractivity contribution in [2.45, 2.75) is 32.4 Å². The van der Waals surface area contributed by atoms with Gasteiger partial charge in [0.15, 0.2) is 0 Å². The summed E-state index contributed by atoms with van der Waals surface area (Å²) in [7, 11) is 0. The summed E-state index contributed by atoms with van der Waals surface area (Å²) in [6, 6.07) is 0.725. The average Bonchev–Trinajstić information content (AvgIpc) is 2.31. The van der Waals surface area contributed by atoms with E-state index in [0.29, 0.717) is 0 Å². The zero-order chi connectivity index (χ0) is 14.6. The number of carbonyl (C=O) groups is 1. The van der Waals surface area contributed by atoms with E-state index < -0.39 is 5.60 Å². The zero-order valence-electron chi connectivity index (χ0n) is 12.9. The molecule has 2 aliphatic heterocycles. The number of nitrogens with one attached hydrogen (secondary N) is 1. The van der Waals surface area contributed by atoms with Gasteiger partial charge in [-0.3, -0.25) is 4.90 Å². The first-order valence-electron chi connectivity index (χ1n) is 7.45. The second-order valence-corrected chi connectivity index (χ2v) is 7.57. The first-order valence-corrected chi connectivity index (χ1v) is 8.61. The molecule has 1 N–H and O–H groups in total. The van der Waals surface area contributed by atoms with Crippen LogP contribution in [0.1, 0.15) is 20.8 Å². The summed E-state index contributed by atoms with van der Waals surface area (Å²) in [5, 5.41) is 3.56. The first kappa shape index (κ1) is 15.9. The van der Waals surface area contributed by atoms with Crippen molar-refractivity contribution in [3.63, 3.8) is 0 Å². The first-order chi connectivity index (χ1) is 9.44. The van der Waals surface area contributed by atoms with E-state index in [1.54, 1.807) is 0 Å². The Labute approximate surface area is 126 Å².